The second-order valence-electron chi connectivity index (χ2n) is 7.99. The van der Waals surface area contributed by atoms with Gasteiger partial charge in [0.05, 0.1) is 32.8 Å². The van der Waals surface area contributed by atoms with Crippen LogP contribution in [0.5, 0.6) is 11.5 Å². The van der Waals surface area contributed by atoms with Crippen molar-refractivity contribution in [1.82, 2.24) is 9.88 Å². The highest BCUT2D eigenvalue weighted by molar-refractivity contribution is 5.89. The maximum Gasteiger partial charge on any atom is 0.322 e. The normalized spacial score (nSPS) is 10.7. The van der Waals surface area contributed by atoms with E-state index in [-0.39, 0.29) is 24.7 Å². The molecule has 4 rings (SSSR count). The first-order valence-corrected chi connectivity index (χ1v) is 10.9. The molecule has 2 amide bonds. The molecule has 3 aromatic carbocycles. The van der Waals surface area contributed by atoms with Crippen molar-refractivity contribution in [3.63, 3.8) is 0 Å². The summed E-state index contributed by atoms with van der Waals surface area (Å²) in [6.07, 6.45) is 0. The smallest absolute Gasteiger partial charge is 0.322 e. The number of hydrogen-bond donors (Lipinski definition) is 2. The van der Waals surface area contributed by atoms with E-state index in [0.29, 0.717) is 22.7 Å². The zero-order valence-corrected chi connectivity index (χ0v) is 19.4. The number of aromatic nitrogens is 1. The number of nitrogens with zero attached hydrogens (tertiary/aromatic N) is 1. The first-order valence-electron chi connectivity index (χ1n) is 10.9. The lowest BCUT2D eigenvalue weighted by molar-refractivity contribution is 0.205. The third-order valence-corrected chi connectivity index (χ3v) is 5.71. The van der Waals surface area contributed by atoms with Crippen molar-refractivity contribution in [3.8, 4) is 11.5 Å². The molecule has 2 N–H and O–H groups in total. The van der Waals surface area contributed by atoms with Gasteiger partial charge in [-0.1, -0.05) is 36.4 Å². The summed E-state index contributed by atoms with van der Waals surface area (Å²) in [5.41, 5.74) is 3.53. The van der Waals surface area contributed by atoms with Crippen LogP contribution < -0.4 is 20.3 Å². The van der Waals surface area contributed by atoms with Crippen LogP contribution in [0.4, 0.5) is 10.5 Å². The van der Waals surface area contributed by atoms with Crippen LogP contribution in [0.1, 0.15) is 16.7 Å². The summed E-state index contributed by atoms with van der Waals surface area (Å²) in [5, 5.41) is 3.83. The highest BCUT2D eigenvalue weighted by Crippen LogP contribution is 2.22. The van der Waals surface area contributed by atoms with Gasteiger partial charge in [0.25, 0.3) is 5.56 Å². The third kappa shape index (κ3) is 5.04. The molecule has 0 atom stereocenters. The van der Waals surface area contributed by atoms with Crippen LogP contribution in [0.15, 0.2) is 77.6 Å². The quantitative estimate of drug-likeness (QED) is 0.405. The molecule has 1 heterocycles. The fraction of sp³-hybridized carbons (Fsp3) is 0.185. The van der Waals surface area contributed by atoms with Crippen LogP contribution in [0, 0.1) is 6.92 Å². The van der Waals surface area contributed by atoms with E-state index in [2.05, 4.69) is 10.3 Å². The van der Waals surface area contributed by atoms with Gasteiger partial charge in [0.1, 0.15) is 11.5 Å². The monoisotopic (exact) mass is 457 g/mol. The van der Waals surface area contributed by atoms with Crippen molar-refractivity contribution in [2.24, 2.45) is 0 Å². The zero-order valence-electron chi connectivity index (χ0n) is 19.4. The Bertz CT molecular complexity index is 1360. The minimum absolute atomic E-state index is 0.124. The number of aryl methyl sites for hydroxylation is 1. The lowest BCUT2D eigenvalue weighted by Crippen LogP contribution is -2.35. The van der Waals surface area contributed by atoms with Crippen LogP contribution in [-0.4, -0.2) is 30.1 Å². The number of ether oxygens (including phenoxy) is 2. The number of para-hydroxylation sites is 2. The highest BCUT2D eigenvalue weighted by Gasteiger charge is 2.19. The summed E-state index contributed by atoms with van der Waals surface area (Å²) < 4.78 is 10.7. The highest BCUT2D eigenvalue weighted by atomic mass is 16.5. The number of fused-ring (bicyclic) bond motifs is 1. The van der Waals surface area contributed by atoms with Gasteiger partial charge in [-0.3, -0.25) is 4.79 Å². The number of aromatic amines is 1. The van der Waals surface area contributed by atoms with Crippen molar-refractivity contribution >= 4 is 22.6 Å². The van der Waals surface area contributed by atoms with E-state index in [1.807, 2.05) is 55.5 Å². The van der Waals surface area contributed by atoms with Gasteiger partial charge in [0.2, 0.25) is 0 Å². The summed E-state index contributed by atoms with van der Waals surface area (Å²) >= 11 is 0. The van der Waals surface area contributed by atoms with E-state index in [1.54, 1.807) is 43.4 Å². The molecule has 0 aliphatic heterocycles. The topological polar surface area (TPSA) is 83.7 Å². The molecule has 7 heteroatoms. The van der Waals surface area contributed by atoms with Crippen molar-refractivity contribution in [2.45, 2.75) is 20.0 Å². The van der Waals surface area contributed by atoms with Gasteiger partial charge in [-0.15, -0.1) is 0 Å². The average molecular weight is 458 g/mol. The zero-order chi connectivity index (χ0) is 24.1. The van der Waals surface area contributed by atoms with E-state index in [9.17, 15) is 9.59 Å². The predicted octanol–water partition coefficient (Wildman–Crippen LogP) is 5.09. The molecule has 0 spiro atoms. The van der Waals surface area contributed by atoms with Gasteiger partial charge in [0, 0.05) is 16.8 Å². The predicted molar refractivity (Wildman–Crippen MR) is 134 cm³/mol. The van der Waals surface area contributed by atoms with Gasteiger partial charge >= 0.3 is 6.03 Å². The summed E-state index contributed by atoms with van der Waals surface area (Å²) in [7, 11) is 3.18. The Balaban J connectivity index is 1.66. The lowest BCUT2D eigenvalue weighted by atomic mass is 10.1. The molecule has 0 saturated carbocycles. The van der Waals surface area contributed by atoms with E-state index in [0.717, 1.165) is 22.0 Å². The van der Waals surface area contributed by atoms with E-state index in [1.165, 1.54) is 0 Å². The standard InChI is InChI=1S/C27H27N3O4/c1-18-7-6-9-19-15-21(26(31)29-25(18)19)17-30(16-20-8-4-5-10-24(20)34-3)27(32)28-22-11-13-23(33-2)14-12-22/h4-15H,16-17H2,1-3H3,(H,28,32)(H,29,31). The van der Waals surface area contributed by atoms with Crippen molar-refractivity contribution in [1.29, 1.82) is 0 Å². The van der Waals surface area contributed by atoms with E-state index >= 15 is 0 Å². The number of H-pyrrole nitrogens is 1. The van der Waals surface area contributed by atoms with Gasteiger partial charge < -0.3 is 24.7 Å². The van der Waals surface area contributed by atoms with Crippen LogP contribution >= 0.6 is 0 Å². The maximum absolute atomic E-state index is 13.3. The van der Waals surface area contributed by atoms with Crippen molar-refractivity contribution < 1.29 is 14.3 Å². The van der Waals surface area contributed by atoms with Crippen LogP contribution in [0.25, 0.3) is 10.9 Å². The number of rotatable bonds is 7. The number of benzene rings is 3. The molecule has 174 valence electrons. The summed E-state index contributed by atoms with van der Waals surface area (Å²) in [6.45, 7) is 2.34. The number of urea groups is 1. The van der Waals surface area contributed by atoms with Gasteiger partial charge in [-0.2, -0.15) is 0 Å². The average Bonchev–Trinajstić information content (AvgIpc) is 2.85. The molecule has 0 bridgehead atoms. The number of pyridine rings is 1. The summed E-state index contributed by atoms with van der Waals surface area (Å²) in [6, 6.07) is 22.0. The molecule has 0 unspecified atom stereocenters. The fourth-order valence-corrected chi connectivity index (χ4v) is 3.87. The van der Waals surface area contributed by atoms with Gasteiger partial charge in [-0.05, 0) is 54.3 Å². The van der Waals surface area contributed by atoms with Crippen molar-refractivity contribution in [2.75, 3.05) is 19.5 Å². The summed E-state index contributed by atoms with van der Waals surface area (Å²) in [4.78, 5) is 30.8. The third-order valence-electron chi connectivity index (χ3n) is 5.71. The van der Waals surface area contributed by atoms with Crippen molar-refractivity contribution in [3.05, 3.63) is 99.8 Å². The Morgan fingerprint density at radius 3 is 2.38 bits per heavy atom. The molecule has 34 heavy (non-hydrogen) atoms. The number of anilines is 1. The Labute approximate surface area is 197 Å². The Morgan fingerprint density at radius 2 is 1.65 bits per heavy atom. The molecule has 0 radical (unpaired) electrons. The molecule has 0 aliphatic rings. The number of amides is 2. The Hall–Kier alpha value is -4.26. The SMILES string of the molecule is COc1ccc(NC(=O)N(Cc2ccccc2OC)Cc2cc3cccc(C)c3[nH]c2=O)cc1. The molecular formula is C27H27N3O4. The fourth-order valence-electron chi connectivity index (χ4n) is 3.87. The van der Waals surface area contributed by atoms with E-state index < -0.39 is 0 Å². The van der Waals surface area contributed by atoms with Crippen LogP contribution in [-0.2, 0) is 13.1 Å². The van der Waals surface area contributed by atoms with Gasteiger partial charge in [-0.25, -0.2) is 4.79 Å². The Morgan fingerprint density at radius 1 is 0.912 bits per heavy atom. The molecular weight excluding hydrogens is 430 g/mol. The maximum atomic E-state index is 13.3. The molecule has 0 aliphatic carbocycles. The second-order valence-corrected chi connectivity index (χ2v) is 7.99. The second kappa shape index (κ2) is 10.1. The van der Waals surface area contributed by atoms with E-state index in [4.69, 9.17) is 9.47 Å². The van der Waals surface area contributed by atoms with Crippen LogP contribution in [0.2, 0.25) is 0 Å². The van der Waals surface area contributed by atoms with Gasteiger partial charge in [0.15, 0.2) is 0 Å². The number of nitrogens with one attached hydrogen (secondary N) is 2. The molecule has 7 nitrogen and oxygen atoms in total. The number of methoxy groups -OCH3 is 2. The minimum atomic E-state index is -0.334. The molecule has 0 fully saturated rings. The molecule has 4 aromatic rings. The lowest BCUT2D eigenvalue weighted by Gasteiger charge is -2.24. The minimum Gasteiger partial charge on any atom is -0.497 e. The first kappa shape index (κ1) is 22.9. The summed E-state index contributed by atoms with van der Waals surface area (Å²) in [5.74, 6) is 1.37. The Kier molecular flexibility index (Phi) is 6.82. The first-order chi connectivity index (χ1) is 16.5. The molecule has 0 saturated heterocycles. The number of hydrogen-bond acceptors (Lipinski definition) is 4. The molecule has 1 aromatic heterocycles. The number of carbonyl (C=O) groups excluding carboxylic acids is 1. The largest absolute Gasteiger partial charge is 0.497 e. The van der Waals surface area contributed by atoms with Crippen LogP contribution in [0.3, 0.4) is 0 Å². The number of carbonyl (C=O) groups is 1.